The number of fused-ring (bicyclic) bond motifs is 1. The summed E-state index contributed by atoms with van der Waals surface area (Å²) in [6.07, 6.45) is 1.20. The fourth-order valence-corrected chi connectivity index (χ4v) is 2.72. The lowest BCUT2D eigenvalue weighted by atomic mass is 10.1. The number of hydrogen-bond acceptors (Lipinski definition) is 3. The molecule has 0 saturated heterocycles. The summed E-state index contributed by atoms with van der Waals surface area (Å²) < 4.78 is 0. The average molecular weight is 195 g/mol. The zero-order valence-electron chi connectivity index (χ0n) is 7.67. The van der Waals surface area contributed by atoms with Crippen molar-refractivity contribution in [3.8, 4) is 0 Å². The van der Waals surface area contributed by atoms with Gasteiger partial charge in [0.05, 0.1) is 7.11 Å². The molecule has 0 amide bonds. The Bertz CT molecular complexity index is 301. The van der Waals surface area contributed by atoms with Gasteiger partial charge >= 0.3 is 0 Å². The molecule has 1 heterocycles. The molecule has 1 aromatic carbocycles. The highest BCUT2D eigenvalue weighted by Crippen LogP contribution is 2.33. The standard InChI is InChI=1S/C10H13NOS/c1-12-11-7-8-3-2-4-10-9(8)5-6-13-10/h2-4,11H,5-7H2,1H3. The molecular formula is C10H13NOS. The highest BCUT2D eigenvalue weighted by molar-refractivity contribution is 7.99. The van der Waals surface area contributed by atoms with E-state index in [1.807, 2.05) is 11.8 Å². The van der Waals surface area contributed by atoms with Gasteiger partial charge in [0.1, 0.15) is 0 Å². The SMILES string of the molecule is CONCc1cccc2c1CCS2. The Balaban J connectivity index is 2.20. The molecule has 0 unspecified atom stereocenters. The first kappa shape index (κ1) is 9.06. The van der Waals surface area contributed by atoms with Gasteiger partial charge in [0.25, 0.3) is 0 Å². The van der Waals surface area contributed by atoms with Crippen molar-refractivity contribution in [3.05, 3.63) is 29.3 Å². The van der Waals surface area contributed by atoms with Crippen LogP contribution in [0.2, 0.25) is 0 Å². The lowest BCUT2D eigenvalue weighted by Crippen LogP contribution is -2.12. The number of benzene rings is 1. The summed E-state index contributed by atoms with van der Waals surface area (Å²) in [4.78, 5) is 6.29. The van der Waals surface area contributed by atoms with Crippen LogP contribution < -0.4 is 5.48 Å². The lowest BCUT2D eigenvalue weighted by Gasteiger charge is -2.07. The third-order valence-corrected chi connectivity index (χ3v) is 3.35. The summed E-state index contributed by atoms with van der Waals surface area (Å²) in [5.41, 5.74) is 5.75. The van der Waals surface area contributed by atoms with Crippen LogP contribution in [0.1, 0.15) is 11.1 Å². The van der Waals surface area contributed by atoms with Crippen LogP contribution in [0.25, 0.3) is 0 Å². The van der Waals surface area contributed by atoms with Gasteiger partial charge in [-0.15, -0.1) is 11.8 Å². The van der Waals surface area contributed by atoms with E-state index in [1.165, 1.54) is 28.2 Å². The maximum Gasteiger partial charge on any atom is 0.0572 e. The third kappa shape index (κ3) is 1.88. The molecule has 3 heteroatoms. The van der Waals surface area contributed by atoms with Gasteiger partial charge in [-0.05, 0) is 23.6 Å². The first-order valence-corrected chi connectivity index (χ1v) is 5.40. The predicted molar refractivity (Wildman–Crippen MR) is 54.7 cm³/mol. The maximum atomic E-state index is 4.85. The molecule has 0 aromatic heterocycles. The van der Waals surface area contributed by atoms with E-state index in [-0.39, 0.29) is 0 Å². The third-order valence-electron chi connectivity index (χ3n) is 2.25. The molecule has 2 rings (SSSR count). The molecule has 13 heavy (non-hydrogen) atoms. The van der Waals surface area contributed by atoms with Crippen molar-refractivity contribution >= 4 is 11.8 Å². The van der Waals surface area contributed by atoms with E-state index < -0.39 is 0 Å². The van der Waals surface area contributed by atoms with Gasteiger partial charge in [0.15, 0.2) is 0 Å². The number of rotatable bonds is 3. The normalized spacial score (nSPS) is 14.5. The molecule has 2 nitrogen and oxygen atoms in total. The number of hydrogen-bond donors (Lipinski definition) is 1. The zero-order chi connectivity index (χ0) is 9.10. The molecule has 0 aliphatic carbocycles. The zero-order valence-corrected chi connectivity index (χ0v) is 8.49. The Labute approximate surface area is 82.6 Å². The van der Waals surface area contributed by atoms with E-state index >= 15 is 0 Å². The number of hydroxylamine groups is 1. The summed E-state index contributed by atoms with van der Waals surface area (Å²) in [5.74, 6) is 1.22. The fourth-order valence-electron chi connectivity index (χ4n) is 1.61. The molecule has 1 aliphatic heterocycles. The summed E-state index contributed by atoms with van der Waals surface area (Å²) in [7, 11) is 1.65. The Morgan fingerprint density at radius 1 is 1.54 bits per heavy atom. The molecule has 0 radical (unpaired) electrons. The van der Waals surface area contributed by atoms with Gasteiger partial charge in [-0.2, -0.15) is 5.48 Å². The minimum absolute atomic E-state index is 0.806. The molecule has 70 valence electrons. The van der Waals surface area contributed by atoms with Crippen LogP contribution >= 0.6 is 11.8 Å². The van der Waals surface area contributed by atoms with Crippen LogP contribution in [0.15, 0.2) is 23.1 Å². The molecule has 0 bridgehead atoms. The topological polar surface area (TPSA) is 21.3 Å². The van der Waals surface area contributed by atoms with Crippen molar-refractivity contribution in [2.24, 2.45) is 0 Å². The predicted octanol–water partition coefficient (Wildman–Crippen LogP) is 1.99. The van der Waals surface area contributed by atoms with Crippen LogP contribution in [0, 0.1) is 0 Å². The van der Waals surface area contributed by atoms with E-state index in [1.54, 1.807) is 7.11 Å². The van der Waals surface area contributed by atoms with Crippen molar-refractivity contribution in [3.63, 3.8) is 0 Å². The monoisotopic (exact) mass is 195 g/mol. The van der Waals surface area contributed by atoms with Gasteiger partial charge < -0.3 is 4.84 Å². The summed E-state index contributed by atoms with van der Waals surface area (Å²) in [5, 5.41) is 0. The van der Waals surface area contributed by atoms with E-state index in [9.17, 15) is 0 Å². The van der Waals surface area contributed by atoms with Crippen molar-refractivity contribution < 1.29 is 4.84 Å². The molecule has 1 aromatic rings. The fraction of sp³-hybridized carbons (Fsp3) is 0.400. The molecular weight excluding hydrogens is 182 g/mol. The van der Waals surface area contributed by atoms with E-state index in [0.717, 1.165) is 6.54 Å². The molecule has 0 fully saturated rings. The van der Waals surface area contributed by atoms with Crippen LogP contribution in [0.4, 0.5) is 0 Å². The second-order valence-electron chi connectivity index (χ2n) is 3.02. The molecule has 0 saturated carbocycles. The summed E-state index contributed by atoms with van der Waals surface area (Å²) in [6.45, 7) is 0.806. The lowest BCUT2D eigenvalue weighted by molar-refractivity contribution is 0.0865. The first-order valence-electron chi connectivity index (χ1n) is 4.41. The van der Waals surface area contributed by atoms with E-state index in [4.69, 9.17) is 4.84 Å². The Morgan fingerprint density at radius 2 is 2.46 bits per heavy atom. The Kier molecular flexibility index (Phi) is 2.88. The molecule has 1 N–H and O–H groups in total. The van der Waals surface area contributed by atoms with Gasteiger partial charge in [-0.1, -0.05) is 12.1 Å². The maximum absolute atomic E-state index is 4.85. The second kappa shape index (κ2) is 4.13. The van der Waals surface area contributed by atoms with Crippen LogP contribution in [-0.2, 0) is 17.8 Å². The summed E-state index contributed by atoms with van der Waals surface area (Å²) >= 11 is 1.95. The highest BCUT2D eigenvalue weighted by Gasteiger charge is 2.14. The first-order chi connectivity index (χ1) is 6.42. The summed E-state index contributed by atoms with van der Waals surface area (Å²) in [6, 6.07) is 6.48. The van der Waals surface area contributed by atoms with Crippen molar-refractivity contribution in [1.82, 2.24) is 5.48 Å². The van der Waals surface area contributed by atoms with Crippen molar-refractivity contribution in [1.29, 1.82) is 0 Å². The van der Waals surface area contributed by atoms with Gasteiger partial charge in [0.2, 0.25) is 0 Å². The molecule has 0 spiro atoms. The minimum Gasteiger partial charge on any atom is -0.305 e. The Hall–Kier alpha value is -0.510. The van der Waals surface area contributed by atoms with Gasteiger partial charge in [-0.3, -0.25) is 0 Å². The van der Waals surface area contributed by atoms with Crippen molar-refractivity contribution in [2.45, 2.75) is 17.9 Å². The van der Waals surface area contributed by atoms with Crippen LogP contribution in [-0.4, -0.2) is 12.9 Å². The smallest absolute Gasteiger partial charge is 0.0572 e. The van der Waals surface area contributed by atoms with Crippen LogP contribution in [0.3, 0.4) is 0 Å². The van der Waals surface area contributed by atoms with E-state index in [2.05, 4.69) is 23.7 Å². The largest absolute Gasteiger partial charge is 0.305 e. The van der Waals surface area contributed by atoms with E-state index in [0.29, 0.717) is 0 Å². The highest BCUT2D eigenvalue weighted by atomic mass is 32.2. The van der Waals surface area contributed by atoms with Gasteiger partial charge in [-0.25, -0.2) is 0 Å². The number of nitrogens with one attached hydrogen (secondary N) is 1. The number of thioether (sulfide) groups is 1. The quantitative estimate of drug-likeness (QED) is 0.745. The van der Waals surface area contributed by atoms with Crippen molar-refractivity contribution in [2.75, 3.05) is 12.9 Å². The second-order valence-corrected chi connectivity index (χ2v) is 4.15. The van der Waals surface area contributed by atoms with Crippen LogP contribution in [0.5, 0.6) is 0 Å². The molecule has 1 aliphatic rings. The minimum atomic E-state index is 0.806. The molecule has 0 atom stereocenters. The Morgan fingerprint density at radius 3 is 3.31 bits per heavy atom. The average Bonchev–Trinajstić information content (AvgIpc) is 2.62. The van der Waals surface area contributed by atoms with Gasteiger partial charge in [0, 0.05) is 17.2 Å².